The molecule has 1 N–H and O–H groups in total. The molecule has 4 rings (SSSR count). The summed E-state index contributed by atoms with van der Waals surface area (Å²) in [5.74, 6) is -0.0490. The largest absolute Gasteiger partial charge is 0.338 e. The molecule has 6 heteroatoms. The number of carbonyl (C=O) groups is 2. The summed E-state index contributed by atoms with van der Waals surface area (Å²) in [4.78, 5) is 28.5. The maximum Gasteiger partial charge on any atom is 0.322 e. The van der Waals surface area contributed by atoms with Crippen LogP contribution in [0.5, 0.6) is 0 Å². The van der Waals surface area contributed by atoms with Gasteiger partial charge in [-0.05, 0) is 48.7 Å². The number of hydrogen-bond donors (Lipinski definition) is 1. The number of carbonyl (C=O) groups excluding carboxylic acids is 2. The van der Waals surface area contributed by atoms with Gasteiger partial charge in [-0.15, -0.1) is 0 Å². The summed E-state index contributed by atoms with van der Waals surface area (Å²) in [6, 6.07) is 11.9. The number of hydrogen-bond acceptors (Lipinski definition) is 2. The van der Waals surface area contributed by atoms with E-state index >= 15 is 0 Å². The Bertz CT molecular complexity index is 881. The third-order valence-electron chi connectivity index (χ3n) is 5.42. The zero-order valence-electron chi connectivity index (χ0n) is 15.2. The number of likely N-dealkylation sites (tertiary alicyclic amines) is 1. The van der Waals surface area contributed by atoms with Crippen molar-refractivity contribution < 1.29 is 14.0 Å². The molecule has 0 spiro atoms. The highest BCUT2D eigenvalue weighted by Crippen LogP contribution is 2.30. The van der Waals surface area contributed by atoms with Gasteiger partial charge in [-0.25, -0.2) is 9.18 Å². The Kier molecular flexibility index (Phi) is 4.56. The van der Waals surface area contributed by atoms with Gasteiger partial charge in [0.25, 0.3) is 5.91 Å². The monoisotopic (exact) mass is 367 g/mol. The SMILES string of the molecule is Cc1ccc(C(=O)N2CC[C@H](c3ccc(F)cc3)C2)cc1N1CCNC1=O. The van der Waals surface area contributed by atoms with E-state index in [1.165, 1.54) is 12.1 Å². The van der Waals surface area contributed by atoms with E-state index in [1.54, 1.807) is 17.0 Å². The van der Waals surface area contributed by atoms with E-state index < -0.39 is 0 Å². The first-order chi connectivity index (χ1) is 13.0. The highest BCUT2D eigenvalue weighted by atomic mass is 19.1. The van der Waals surface area contributed by atoms with E-state index in [0.717, 1.165) is 23.2 Å². The Balaban J connectivity index is 1.51. The molecular formula is C21H22FN3O2. The molecule has 0 bridgehead atoms. The van der Waals surface area contributed by atoms with Gasteiger partial charge in [0, 0.05) is 43.3 Å². The molecule has 5 nitrogen and oxygen atoms in total. The molecule has 140 valence electrons. The predicted octanol–water partition coefficient (Wildman–Crippen LogP) is 3.29. The maximum atomic E-state index is 13.1. The number of halogens is 1. The Morgan fingerprint density at radius 2 is 1.93 bits per heavy atom. The van der Waals surface area contributed by atoms with Crippen molar-refractivity contribution in [1.82, 2.24) is 10.2 Å². The van der Waals surface area contributed by atoms with Crippen molar-refractivity contribution in [1.29, 1.82) is 0 Å². The minimum Gasteiger partial charge on any atom is -0.338 e. The van der Waals surface area contributed by atoms with E-state index in [2.05, 4.69) is 5.32 Å². The second kappa shape index (κ2) is 7.02. The molecule has 0 aliphatic carbocycles. The summed E-state index contributed by atoms with van der Waals surface area (Å²) in [7, 11) is 0. The van der Waals surface area contributed by atoms with Crippen LogP contribution in [0.4, 0.5) is 14.9 Å². The van der Waals surface area contributed by atoms with Gasteiger partial charge in [0.1, 0.15) is 5.82 Å². The molecular weight excluding hydrogens is 345 g/mol. The van der Waals surface area contributed by atoms with Gasteiger partial charge in [-0.1, -0.05) is 18.2 Å². The van der Waals surface area contributed by atoms with Gasteiger partial charge in [0.05, 0.1) is 0 Å². The molecule has 2 aliphatic heterocycles. The molecule has 2 fully saturated rings. The molecule has 2 aliphatic rings. The molecule has 0 saturated carbocycles. The zero-order valence-corrected chi connectivity index (χ0v) is 15.2. The fourth-order valence-corrected chi connectivity index (χ4v) is 3.87. The van der Waals surface area contributed by atoms with Crippen molar-refractivity contribution in [3.8, 4) is 0 Å². The van der Waals surface area contributed by atoms with Crippen molar-refractivity contribution in [2.75, 3.05) is 31.1 Å². The molecule has 2 aromatic carbocycles. The van der Waals surface area contributed by atoms with Gasteiger partial charge < -0.3 is 10.2 Å². The first kappa shape index (κ1) is 17.5. The van der Waals surface area contributed by atoms with Crippen LogP contribution in [0.2, 0.25) is 0 Å². The van der Waals surface area contributed by atoms with Gasteiger partial charge >= 0.3 is 6.03 Å². The molecule has 1 atom stereocenters. The Hall–Kier alpha value is -2.89. The van der Waals surface area contributed by atoms with Gasteiger partial charge in [0.15, 0.2) is 0 Å². The second-order valence-electron chi connectivity index (χ2n) is 7.17. The minimum absolute atomic E-state index is 0.0273. The summed E-state index contributed by atoms with van der Waals surface area (Å²) in [6.45, 7) is 4.46. The summed E-state index contributed by atoms with van der Waals surface area (Å²) >= 11 is 0. The molecule has 2 aromatic rings. The Labute approximate surface area is 157 Å². The summed E-state index contributed by atoms with van der Waals surface area (Å²) in [5.41, 5.74) is 3.40. The molecule has 0 unspecified atom stereocenters. The highest BCUT2D eigenvalue weighted by molar-refractivity contribution is 5.99. The van der Waals surface area contributed by atoms with Crippen LogP contribution in [0, 0.1) is 12.7 Å². The van der Waals surface area contributed by atoms with Crippen LogP contribution in [0.3, 0.4) is 0 Å². The lowest BCUT2D eigenvalue weighted by Crippen LogP contribution is -2.30. The van der Waals surface area contributed by atoms with E-state index in [9.17, 15) is 14.0 Å². The number of nitrogens with one attached hydrogen (secondary N) is 1. The number of rotatable bonds is 3. The van der Waals surface area contributed by atoms with Crippen LogP contribution in [0.1, 0.15) is 33.8 Å². The topological polar surface area (TPSA) is 52.7 Å². The number of urea groups is 1. The maximum absolute atomic E-state index is 13.1. The normalized spacial score (nSPS) is 19.5. The van der Waals surface area contributed by atoms with Crippen LogP contribution >= 0.6 is 0 Å². The number of amides is 3. The van der Waals surface area contributed by atoms with Gasteiger partial charge in [-0.3, -0.25) is 9.69 Å². The van der Waals surface area contributed by atoms with Crippen LogP contribution in [-0.2, 0) is 0 Å². The average molecular weight is 367 g/mol. The zero-order chi connectivity index (χ0) is 19.0. The predicted molar refractivity (Wildman–Crippen MR) is 102 cm³/mol. The lowest BCUT2D eigenvalue weighted by molar-refractivity contribution is 0.0790. The smallest absolute Gasteiger partial charge is 0.322 e. The number of anilines is 1. The fourth-order valence-electron chi connectivity index (χ4n) is 3.87. The average Bonchev–Trinajstić information content (AvgIpc) is 3.32. The Morgan fingerprint density at radius 1 is 1.15 bits per heavy atom. The standard InChI is InChI=1S/C21H22FN3O2/c1-14-2-3-16(12-19(14)25-11-9-23-21(25)27)20(26)24-10-8-17(13-24)15-4-6-18(22)7-5-15/h2-7,12,17H,8-11,13H2,1H3,(H,23,27)/t17-/m0/s1. The quantitative estimate of drug-likeness (QED) is 0.905. The lowest BCUT2D eigenvalue weighted by Gasteiger charge is -2.20. The fraction of sp³-hybridized carbons (Fsp3) is 0.333. The third kappa shape index (κ3) is 3.39. The van der Waals surface area contributed by atoms with E-state index in [1.807, 2.05) is 30.0 Å². The van der Waals surface area contributed by atoms with Crippen LogP contribution in [-0.4, -0.2) is 43.0 Å². The molecule has 2 saturated heterocycles. The lowest BCUT2D eigenvalue weighted by atomic mass is 9.98. The number of benzene rings is 2. The molecule has 27 heavy (non-hydrogen) atoms. The van der Waals surface area contributed by atoms with Gasteiger partial charge in [-0.2, -0.15) is 0 Å². The highest BCUT2D eigenvalue weighted by Gasteiger charge is 2.29. The first-order valence-corrected chi connectivity index (χ1v) is 9.23. The van der Waals surface area contributed by atoms with Crippen molar-refractivity contribution in [2.45, 2.75) is 19.3 Å². The number of aryl methyl sites for hydroxylation is 1. The van der Waals surface area contributed by atoms with Crippen LogP contribution < -0.4 is 10.2 Å². The molecule has 0 aromatic heterocycles. The van der Waals surface area contributed by atoms with Crippen LogP contribution in [0.25, 0.3) is 0 Å². The van der Waals surface area contributed by atoms with E-state index in [-0.39, 0.29) is 23.7 Å². The van der Waals surface area contributed by atoms with Crippen molar-refractivity contribution in [3.63, 3.8) is 0 Å². The second-order valence-corrected chi connectivity index (χ2v) is 7.17. The minimum atomic E-state index is -0.247. The first-order valence-electron chi connectivity index (χ1n) is 9.23. The molecule has 3 amide bonds. The van der Waals surface area contributed by atoms with Crippen molar-refractivity contribution >= 4 is 17.6 Å². The van der Waals surface area contributed by atoms with E-state index in [0.29, 0.717) is 31.7 Å². The van der Waals surface area contributed by atoms with E-state index in [4.69, 9.17) is 0 Å². The summed E-state index contributed by atoms with van der Waals surface area (Å²) < 4.78 is 13.1. The molecule has 2 heterocycles. The molecule has 0 radical (unpaired) electrons. The summed E-state index contributed by atoms with van der Waals surface area (Å²) in [6.07, 6.45) is 0.866. The third-order valence-corrected chi connectivity index (χ3v) is 5.42. The van der Waals surface area contributed by atoms with Crippen molar-refractivity contribution in [3.05, 3.63) is 65.0 Å². The Morgan fingerprint density at radius 3 is 2.63 bits per heavy atom. The van der Waals surface area contributed by atoms with Crippen LogP contribution in [0.15, 0.2) is 42.5 Å². The summed E-state index contributed by atoms with van der Waals surface area (Å²) in [5, 5.41) is 2.79. The van der Waals surface area contributed by atoms with Crippen molar-refractivity contribution in [2.24, 2.45) is 0 Å². The number of nitrogens with zero attached hydrogens (tertiary/aromatic N) is 2. The van der Waals surface area contributed by atoms with Gasteiger partial charge in [0.2, 0.25) is 0 Å².